The zero-order valence-corrected chi connectivity index (χ0v) is 55.8. The summed E-state index contributed by atoms with van der Waals surface area (Å²) >= 11 is 0. The standard InChI is InChI=1S/C80H85F5N4O/c1-45(2)47-32-48(46(3)4)34-49(33-47)59-37-52(77(8,9)10)38-60(69-70(81)72(83)74(85)73(84)71(69)82)75(59)88-44-87(64-26-22-23-27-65(64)88)54-35-50(68-61(79(14,15)16)39-53(78(11,12)13)40-62(68)80(17,18)19)36-56(42-54)90-55-28-29-58-57-24-20-21-25-63(57)89(66(58)43-55)67-41-51(30-31-86-67)76(5,6)7/h20-43,45-46H,44H2,1-19H3. The van der Waals surface area contributed by atoms with Crippen LogP contribution in [0, 0.1) is 29.1 Å². The quantitative estimate of drug-likeness (QED) is 0.0776. The van der Waals surface area contributed by atoms with E-state index >= 15 is 22.0 Å². The summed E-state index contributed by atoms with van der Waals surface area (Å²) in [5, 5.41) is 2.13. The molecule has 0 aliphatic carbocycles. The van der Waals surface area contributed by atoms with Crippen molar-refractivity contribution in [3.05, 3.63) is 214 Å². The van der Waals surface area contributed by atoms with Gasteiger partial charge >= 0.3 is 0 Å². The number of aromatic nitrogens is 2. The highest BCUT2D eigenvalue weighted by Gasteiger charge is 2.38. The van der Waals surface area contributed by atoms with Crippen molar-refractivity contribution in [1.82, 2.24) is 9.55 Å². The largest absolute Gasteiger partial charge is 0.457 e. The van der Waals surface area contributed by atoms with Gasteiger partial charge in [-0.3, -0.25) is 4.57 Å². The Morgan fingerprint density at radius 2 is 0.944 bits per heavy atom. The Bertz CT molecular complexity index is 4390. The Kier molecular flexibility index (Phi) is 15.9. The van der Waals surface area contributed by atoms with Crippen molar-refractivity contribution in [3.63, 3.8) is 0 Å². The molecule has 0 radical (unpaired) electrons. The Hall–Kier alpha value is -8.24. The lowest BCUT2D eigenvalue weighted by atomic mass is 9.71. The van der Waals surface area contributed by atoms with Crippen molar-refractivity contribution < 1.29 is 26.7 Å². The summed E-state index contributed by atoms with van der Waals surface area (Å²) in [5.41, 5.74) is 12.4. The molecular formula is C80H85F5N4O. The number of pyridine rings is 1. The van der Waals surface area contributed by atoms with Gasteiger partial charge in [-0.15, -0.1) is 0 Å². The molecule has 0 amide bonds. The van der Waals surface area contributed by atoms with Crippen molar-refractivity contribution in [2.75, 3.05) is 16.5 Å². The van der Waals surface area contributed by atoms with E-state index in [-0.39, 0.29) is 45.7 Å². The van der Waals surface area contributed by atoms with Crippen LogP contribution in [0.2, 0.25) is 0 Å². The van der Waals surface area contributed by atoms with Gasteiger partial charge in [0.2, 0.25) is 5.82 Å². The first kappa shape index (κ1) is 63.3. The van der Waals surface area contributed by atoms with E-state index in [1.165, 1.54) is 16.7 Å². The van der Waals surface area contributed by atoms with Crippen molar-refractivity contribution in [2.24, 2.45) is 0 Å². The van der Waals surface area contributed by atoms with E-state index in [9.17, 15) is 0 Å². The molecule has 2 aromatic heterocycles. The van der Waals surface area contributed by atoms with E-state index in [4.69, 9.17) is 9.72 Å². The number of hydrogen-bond donors (Lipinski definition) is 0. The number of halogens is 5. The maximum absolute atomic E-state index is 17.0. The van der Waals surface area contributed by atoms with Crippen LogP contribution in [0.15, 0.2) is 146 Å². The highest BCUT2D eigenvalue weighted by atomic mass is 19.2. The first-order chi connectivity index (χ1) is 42.0. The van der Waals surface area contributed by atoms with Gasteiger partial charge in [0.15, 0.2) is 23.3 Å². The first-order valence-corrected chi connectivity index (χ1v) is 31.5. The van der Waals surface area contributed by atoms with Crippen LogP contribution in [-0.4, -0.2) is 16.2 Å². The minimum absolute atomic E-state index is 0.0569. The maximum Gasteiger partial charge on any atom is 0.200 e. The average Bonchev–Trinajstić information content (AvgIpc) is 1.41. The lowest BCUT2D eigenvalue weighted by Crippen LogP contribution is -2.26. The van der Waals surface area contributed by atoms with Crippen LogP contribution in [0.4, 0.5) is 44.7 Å². The summed E-state index contributed by atoms with van der Waals surface area (Å²) in [4.78, 5) is 9.10. The number of fused-ring (bicyclic) bond motifs is 4. The Morgan fingerprint density at radius 1 is 0.422 bits per heavy atom. The zero-order chi connectivity index (χ0) is 65.2. The third-order valence-electron chi connectivity index (χ3n) is 17.9. The molecule has 3 heterocycles. The van der Waals surface area contributed by atoms with Crippen molar-refractivity contribution in [1.29, 1.82) is 0 Å². The van der Waals surface area contributed by atoms with Gasteiger partial charge in [0.1, 0.15) is 24.0 Å². The van der Waals surface area contributed by atoms with E-state index in [1.54, 1.807) is 6.07 Å². The van der Waals surface area contributed by atoms with Gasteiger partial charge in [-0.1, -0.05) is 192 Å². The van der Waals surface area contributed by atoms with Crippen LogP contribution in [0.1, 0.15) is 182 Å². The van der Waals surface area contributed by atoms with Gasteiger partial charge in [0, 0.05) is 45.9 Å². The molecule has 0 saturated carbocycles. The fraction of sp³-hybridized carbons (Fsp3) is 0.338. The second-order valence-electron chi connectivity index (χ2n) is 30.5. The molecule has 5 nitrogen and oxygen atoms in total. The normalized spacial score (nSPS) is 13.4. The van der Waals surface area contributed by atoms with E-state index in [0.29, 0.717) is 34.0 Å². The molecule has 90 heavy (non-hydrogen) atoms. The van der Waals surface area contributed by atoms with Crippen LogP contribution in [0.3, 0.4) is 0 Å². The Morgan fingerprint density at radius 3 is 1.51 bits per heavy atom. The van der Waals surface area contributed by atoms with Gasteiger partial charge in [-0.05, 0) is 161 Å². The van der Waals surface area contributed by atoms with Gasteiger partial charge in [-0.25, -0.2) is 26.9 Å². The maximum atomic E-state index is 17.0. The summed E-state index contributed by atoms with van der Waals surface area (Å²) < 4.78 is 90.5. The Labute approximate surface area is 529 Å². The molecule has 1 aliphatic rings. The lowest BCUT2D eigenvalue weighted by molar-refractivity contribution is 0.381. The van der Waals surface area contributed by atoms with Gasteiger partial charge in [0.05, 0.1) is 33.7 Å². The highest BCUT2D eigenvalue weighted by Crippen LogP contribution is 2.55. The molecule has 0 spiro atoms. The molecule has 466 valence electrons. The van der Waals surface area contributed by atoms with Crippen LogP contribution in [0.25, 0.3) is 61.0 Å². The van der Waals surface area contributed by atoms with Crippen LogP contribution < -0.4 is 14.5 Å². The summed E-state index contributed by atoms with van der Waals surface area (Å²) in [6.45, 7) is 41.4. The number of benzene rings is 8. The number of anilines is 4. The van der Waals surface area contributed by atoms with Gasteiger partial charge < -0.3 is 14.5 Å². The molecule has 8 aromatic carbocycles. The average molecular weight is 1210 g/mol. The molecule has 0 bridgehead atoms. The van der Waals surface area contributed by atoms with Crippen LogP contribution in [-0.2, 0) is 27.1 Å². The smallest absolute Gasteiger partial charge is 0.200 e. The van der Waals surface area contributed by atoms with E-state index in [1.807, 2.05) is 80.4 Å². The van der Waals surface area contributed by atoms with Crippen molar-refractivity contribution in [3.8, 4) is 50.7 Å². The topological polar surface area (TPSA) is 33.5 Å². The van der Waals surface area contributed by atoms with Crippen molar-refractivity contribution in [2.45, 2.75) is 170 Å². The third-order valence-corrected chi connectivity index (χ3v) is 17.9. The van der Waals surface area contributed by atoms with Gasteiger partial charge in [0.25, 0.3) is 0 Å². The predicted molar refractivity (Wildman–Crippen MR) is 365 cm³/mol. The molecule has 11 rings (SSSR count). The zero-order valence-electron chi connectivity index (χ0n) is 55.8. The second-order valence-corrected chi connectivity index (χ2v) is 30.5. The molecule has 10 heteroatoms. The fourth-order valence-electron chi connectivity index (χ4n) is 12.7. The molecule has 0 fully saturated rings. The van der Waals surface area contributed by atoms with E-state index in [2.05, 4.69) is 205 Å². The molecular weight excluding hydrogens is 1130 g/mol. The molecule has 0 unspecified atom stereocenters. The highest BCUT2D eigenvalue weighted by molar-refractivity contribution is 6.09. The molecule has 1 aliphatic heterocycles. The number of rotatable bonds is 10. The minimum Gasteiger partial charge on any atom is -0.457 e. The minimum atomic E-state index is -2.22. The van der Waals surface area contributed by atoms with Gasteiger partial charge in [-0.2, -0.15) is 0 Å². The second kappa shape index (κ2) is 22.6. The predicted octanol–water partition coefficient (Wildman–Crippen LogP) is 23.6. The molecule has 10 aromatic rings. The van der Waals surface area contributed by atoms with E-state index in [0.717, 1.165) is 72.4 Å². The SMILES string of the molecule is CC(C)c1cc(-c2cc(C(C)(C)C)cc(-c3c(F)c(F)c(F)c(F)c3F)c2N2CN(c3cc(Oc4ccc5c6ccccc6n(-c6cc(C(C)(C)C)ccn6)c5c4)cc(-c4c(C(C)(C)C)cc(C(C)(C)C)cc4C(C)(C)C)c3)c3ccccc32)cc(C(C)C)c1. The molecule has 0 saturated heterocycles. The van der Waals surface area contributed by atoms with E-state index < -0.39 is 40.1 Å². The Balaban J connectivity index is 1.19. The van der Waals surface area contributed by atoms with Crippen LogP contribution >= 0.6 is 0 Å². The summed E-state index contributed by atoms with van der Waals surface area (Å²) in [7, 11) is 0. The summed E-state index contributed by atoms with van der Waals surface area (Å²) in [6, 6.07) is 47.7. The first-order valence-electron chi connectivity index (χ1n) is 31.5. The molecule has 0 atom stereocenters. The number of hydrogen-bond acceptors (Lipinski definition) is 4. The third kappa shape index (κ3) is 11.6. The lowest BCUT2D eigenvalue weighted by Gasteiger charge is -2.34. The monoisotopic (exact) mass is 1210 g/mol. The summed E-state index contributed by atoms with van der Waals surface area (Å²) in [6.07, 6.45) is 1.88. The number of ether oxygens (including phenoxy) is 1. The number of para-hydroxylation sites is 3. The molecule has 0 N–H and O–H groups in total. The summed E-state index contributed by atoms with van der Waals surface area (Å²) in [5.74, 6) is -7.92. The van der Waals surface area contributed by atoms with Crippen molar-refractivity contribution >= 4 is 44.6 Å². The fourth-order valence-corrected chi connectivity index (χ4v) is 12.7. The number of nitrogens with zero attached hydrogens (tertiary/aromatic N) is 4. The van der Waals surface area contributed by atoms with Crippen LogP contribution in [0.5, 0.6) is 11.5 Å².